The Labute approximate surface area is 128 Å². The van der Waals surface area contributed by atoms with E-state index in [-0.39, 0.29) is 11.9 Å². The van der Waals surface area contributed by atoms with Gasteiger partial charge >= 0.3 is 0 Å². The summed E-state index contributed by atoms with van der Waals surface area (Å²) in [4.78, 5) is 11.7. The zero-order chi connectivity index (χ0) is 14.9. The molecular weight excluding hydrogens is 280 g/mol. The number of phenols is 1. The molecule has 1 fully saturated rings. The molecule has 2 aliphatic rings. The lowest BCUT2D eigenvalue weighted by Gasteiger charge is -2.34. The van der Waals surface area contributed by atoms with Crippen LogP contribution in [0.5, 0.6) is 5.75 Å². The average molecular weight is 298 g/mol. The molecule has 0 radical (unpaired) electrons. The fraction of sp³-hybridized carbons (Fsp3) is 0.375. The topological polar surface area (TPSA) is 62.9 Å². The standard InChI is InChI=1S/C16H18N4O2/c21-13-3-1-12(2-4-13)14-11-20-6-5-17-15(20)16(18-14)19-7-9-22-10-8-19/h1-6,16,21H,7-11H2. The molecule has 1 aromatic heterocycles. The average Bonchev–Trinajstić information content (AvgIpc) is 3.04. The summed E-state index contributed by atoms with van der Waals surface area (Å²) in [7, 11) is 0. The van der Waals surface area contributed by atoms with Gasteiger partial charge in [0.15, 0.2) is 6.17 Å². The lowest BCUT2D eigenvalue weighted by molar-refractivity contribution is 0.0148. The van der Waals surface area contributed by atoms with Crippen molar-refractivity contribution in [2.75, 3.05) is 26.3 Å². The van der Waals surface area contributed by atoms with Gasteiger partial charge in [0.05, 0.1) is 25.5 Å². The highest BCUT2D eigenvalue weighted by Crippen LogP contribution is 2.27. The van der Waals surface area contributed by atoms with Crippen LogP contribution in [0.25, 0.3) is 0 Å². The van der Waals surface area contributed by atoms with Crippen molar-refractivity contribution in [3.63, 3.8) is 0 Å². The molecule has 0 aliphatic carbocycles. The van der Waals surface area contributed by atoms with Gasteiger partial charge < -0.3 is 14.4 Å². The van der Waals surface area contributed by atoms with E-state index in [4.69, 9.17) is 9.73 Å². The summed E-state index contributed by atoms with van der Waals surface area (Å²) in [5.74, 6) is 1.26. The minimum atomic E-state index is -0.0588. The van der Waals surface area contributed by atoms with Gasteiger partial charge in [-0.1, -0.05) is 0 Å². The Morgan fingerprint density at radius 1 is 1.14 bits per heavy atom. The molecule has 1 unspecified atom stereocenters. The van der Waals surface area contributed by atoms with Crippen molar-refractivity contribution in [1.82, 2.24) is 14.5 Å². The summed E-state index contributed by atoms with van der Waals surface area (Å²) >= 11 is 0. The Morgan fingerprint density at radius 2 is 1.91 bits per heavy atom. The maximum absolute atomic E-state index is 9.46. The van der Waals surface area contributed by atoms with Crippen LogP contribution in [-0.4, -0.2) is 51.6 Å². The summed E-state index contributed by atoms with van der Waals surface area (Å²) in [5, 5.41) is 9.46. The fourth-order valence-corrected chi connectivity index (χ4v) is 2.98. The van der Waals surface area contributed by atoms with Crippen molar-refractivity contribution >= 4 is 5.71 Å². The molecule has 22 heavy (non-hydrogen) atoms. The zero-order valence-electron chi connectivity index (χ0n) is 12.2. The number of fused-ring (bicyclic) bond motifs is 1. The van der Waals surface area contributed by atoms with Crippen LogP contribution in [0.4, 0.5) is 0 Å². The number of aliphatic imine (C=N–C) groups is 1. The van der Waals surface area contributed by atoms with Crippen molar-refractivity contribution in [2.45, 2.75) is 12.7 Å². The summed E-state index contributed by atoms with van der Waals surface area (Å²) in [6.45, 7) is 3.91. The highest BCUT2D eigenvalue weighted by molar-refractivity contribution is 6.01. The largest absolute Gasteiger partial charge is 0.508 e. The van der Waals surface area contributed by atoms with Crippen molar-refractivity contribution in [3.8, 4) is 5.75 Å². The van der Waals surface area contributed by atoms with E-state index < -0.39 is 0 Å². The quantitative estimate of drug-likeness (QED) is 0.911. The Balaban J connectivity index is 1.70. The molecule has 1 N–H and O–H groups in total. The molecular formula is C16H18N4O2. The summed E-state index contributed by atoms with van der Waals surface area (Å²) in [6.07, 6.45) is 3.77. The predicted octanol–water partition coefficient (Wildman–Crippen LogP) is 1.42. The van der Waals surface area contributed by atoms with Crippen LogP contribution >= 0.6 is 0 Å². The van der Waals surface area contributed by atoms with E-state index in [1.165, 1.54) is 0 Å². The number of hydrogen-bond acceptors (Lipinski definition) is 5. The number of aromatic hydroxyl groups is 1. The number of ether oxygens (including phenoxy) is 1. The molecule has 2 aliphatic heterocycles. The van der Waals surface area contributed by atoms with Crippen LogP contribution in [0.3, 0.4) is 0 Å². The zero-order valence-corrected chi connectivity index (χ0v) is 12.2. The van der Waals surface area contributed by atoms with Gasteiger partial charge in [0.25, 0.3) is 0 Å². The SMILES string of the molecule is Oc1ccc(C2=NC(N3CCOCC3)c3nccn3C2)cc1. The van der Waals surface area contributed by atoms with Crippen LogP contribution in [0.1, 0.15) is 17.6 Å². The van der Waals surface area contributed by atoms with Crippen molar-refractivity contribution < 1.29 is 9.84 Å². The Hall–Kier alpha value is -2.18. The second-order valence-corrected chi connectivity index (χ2v) is 5.56. The van der Waals surface area contributed by atoms with Gasteiger partial charge in [0.1, 0.15) is 11.6 Å². The summed E-state index contributed by atoms with van der Waals surface area (Å²) in [5.41, 5.74) is 2.05. The maximum atomic E-state index is 9.46. The molecule has 6 heteroatoms. The molecule has 114 valence electrons. The number of phenolic OH excluding ortho intramolecular Hbond substituents is 1. The summed E-state index contributed by atoms with van der Waals surface area (Å²) < 4.78 is 7.59. The number of nitrogens with zero attached hydrogens (tertiary/aromatic N) is 4. The second-order valence-electron chi connectivity index (χ2n) is 5.56. The van der Waals surface area contributed by atoms with Crippen molar-refractivity contribution in [2.24, 2.45) is 4.99 Å². The van der Waals surface area contributed by atoms with Crippen molar-refractivity contribution in [3.05, 3.63) is 48.0 Å². The number of benzene rings is 1. The minimum absolute atomic E-state index is 0.0588. The first-order chi connectivity index (χ1) is 10.8. The number of rotatable bonds is 2. The Kier molecular flexibility index (Phi) is 3.40. The molecule has 1 saturated heterocycles. The monoisotopic (exact) mass is 298 g/mol. The first-order valence-electron chi connectivity index (χ1n) is 7.50. The molecule has 3 heterocycles. The van der Waals surface area contributed by atoms with E-state index in [2.05, 4.69) is 14.5 Å². The van der Waals surface area contributed by atoms with Crippen LogP contribution < -0.4 is 0 Å². The van der Waals surface area contributed by atoms with Gasteiger partial charge in [0, 0.05) is 25.5 Å². The van der Waals surface area contributed by atoms with Crippen LogP contribution in [0.15, 0.2) is 41.7 Å². The first kappa shape index (κ1) is 13.5. The molecule has 1 atom stereocenters. The maximum Gasteiger partial charge on any atom is 0.161 e. The van der Waals surface area contributed by atoms with E-state index in [9.17, 15) is 5.11 Å². The van der Waals surface area contributed by atoms with Gasteiger partial charge in [0.2, 0.25) is 0 Å². The van der Waals surface area contributed by atoms with Gasteiger partial charge in [-0.3, -0.25) is 9.89 Å². The number of imidazole rings is 1. The van der Waals surface area contributed by atoms with E-state index in [1.807, 2.05) is 24.5 Å². The third kappa shape index (κ3) is 2.40. The summed E-state index contributed by atoms with van der Waals surface area (Å²) in [6, 6.07) is 7.22. The van der Waals surface area contributed by atoms with Crippen LogP contribution in [0.2, 0.25) is 0 Å². The smallest absolute Gasteiger partial charge is 0.161 e. The first-order valence-corrected chi connectivity index (χ1v) is 7.50. The Morgan fingerprint density at radius 3 is 2.68 bits per heavy atom. The third-order valence-electron chi connectivity index (χ3n) is 4.17. The van der Waals surface area contributed by atoms with E-state index in [0.717, 1.165) is 43.4 Å². The molecule has 0 bridgehead atoms. The van der Waals surface area contributed by atoms with Crippen LogP contribution in [0, 0.1) is 0 Å². The molecule has 2 aromatic rings. The number of hydrogen-bond donors (Lipinski definition) is 1. The van der Waals surface area contributed by atoms with Gasteiger partial charge in [-0.25, -0.2) is 4.98 Å². The fourth-order valence-electron chi connectivity index (χ4n) is 2.98. The van der Waals surface area contributed by atoms with E-state index >= 15 is 0 Å². The van der Waals surface area contributed by atoms with E-state index in [0.29, 0.717) is 6.54 Å². The lowest BCUT2D eigenvalue weighted by atomic mass is 10.1. The molecule has 4 rings (SSSR count). The predicted molar refractivity (Wildman–Crippen MR) is 82.0 cm³/mol. The highest BCUT2D eigenvalue weighted by Gasteiger charge is 2.29. The Bertz CT molecular complexity index is 686. The molecule has 0 saturated carbocycles. The number of aromatic nitrogens is 2. The van der Waals surface area contributed by atoms with Crippen LogP contribution in [-0.2, 0) is 11.3 Å². The minimum Gasteiger partial charge on any atom is -0.508 e. The highest BCUT2D eigenvalue weighted by atomic mass is 16.5. The third-order valence-corrected chi connectivity index (χ3v) is 4.17. The number of morpholine rings is 1. The second kappa shape index (κ2) is 5.55. The normalized spacial score (nSPS) is 22.2. The van der Waals surface area contributed by atoms with E-state index in [1.54, 1.807) is 12.1 Å². The molecule has 0 amide bonds. The van der Waals surface area contributed by atoms with Crippen molar-refractivity contribution in [1.29, 1.82) is 0 Å². The molecule has 0 spiro atoms. The van der Waals surface area contributed by atoms with Gasteiger partial charge in [-0.2, -0.15) is 0 Å². The molecule has 6 nitrogen and oxygen atoms in total. The lowest BCUT2D eigenvalue weighted by Crippen LogP contribution is -2.41. The van der Waals surface area contributed by atoms with Gasteiger partial charge in [-0.05, 0) is 29.8 Å². The molecule has 1 aromatic carbocycles. The van der Waals surface area contributed by atoms with Gasteiger partial charge in [-0.15, -0.1) is 0 Å².